The number of hydrogen-bond donors (Lipinski definition) is 1. The van der Waals surface area contributed by atoms with Gasteiger partial charge in [-0.05, 0) is 44.4 Å². The smallest absolute Gasteiger partial charge is 0.307 e. The Morgan fingerprint density at radius 1 is 1.38 bits per heavy atom. The van der Waals surface area contributed by atoms with Crippen LogP contribution in [0.1, 0.15) is 25.3 Å². The van der Waals surface area contributed by atoms with Gasteiger partial charge in [-0.2, -0.15) is 4.31 Å². The molecule has 1 aliphatic heterocycles. The average molecular weight is 332 g/mol. The van der Waals surface area contributed by atoms with Gasteiger partial charge in [0.05, 0.1) is 10.8 Å². The number of halogens is 1. The summed E-state index contributed by atoms with van der Waals surface area (Å²) in [6.07, 6.45) is 1.03. The van der Waals surface area contributed by atoms with Gasteiger partial charge in [-0.1, -0.05) is 17.7 Å². The van der Waals surface area contributed by atoms with Crippen LogP contribution in [0.4, 0.5) is 0 Å². The molecule has 2 unspecified atom stereocenters. The lowest BCUT2D eigenvalue weighted by Crippen LogP contribution is -2.47. The van der Waals surface area contributed by atoms with E-state index in [9.17, 15) is 13.2 Å². The second kappa shape index (κ2) is 5.94. The van der Waals surface area contributed by atoms with E-state index in [-0.39, 0.29) is 17.5 Å². The van der Waals surface area contributed by atoms with Crippen molar-refractivity contribution in [2.24, 2.45) is 5.92 Å². The van der Waals surface area contributed by atoms with Crippen molar-refractivity contribution >= 4 is 27.6 Å². The topological polar surface area (TPSA) is 74.7 Å². The molecule has 116 valence electrons. The normalized spacial score (nSPS) is 24.0. The van der Waals surface area contributed by atoms with Crippen LogP contribution in [0.3, 0.4) is 0 Å². The van der Waals surface area contributed by atoms with Crippen molar-refractivity contribution in [3.05, 3.63) is 28.8 Å². The molecule has 0 spiro atoms. The van der Waals surface area contributed by atoms with Crippen molar-refractivity contribution in [1.82, 2.24) is 4.31 Å². The Balaban J connectivity index is 2.42. The molecule has 0 aliphatic carbocycles. The molecule has 0 bridgehead atoms. The summed E-state index contributed by atoms with van der Waals surface area (Å²) in [5, 5.41) is 9.48. The molecule has 1 aromatic carbocycles. The molecule has 5 nitrogen and oxygen atoms in total. The minimum Gasteiger partial charge on any atom is -0.481 e. The molecule has 0 aromatic heterocycles. The van der Waals surface area contributed by atoms with E-state index in [1.165, 1.54) is 10.4 Å². The van der Waals surface area contributed by atoms with Gasteiger partial charge in [-0.3, -0.25) is 4.79 Å². The summed E-state index contributed by atoms with van der Waals surface area (Å²) in [5.41, 5.74) is 0.601. The first-order valence-corrected chi connectivity index (χ1v) is 8.56. The van der Waals surface area contributed by atoms with Gasteiger partial charge in [0.15, 0.2) is 0 Å². The van der Waals surface area contributed by atoms with E-state index < -0.39 is 21.9 Å². The van der Waals surface area contributed by atoms with Crippen molar-refractivity contribution < 1.29 is 18.3 Å². The largest absolute Gasteiger partial charge is 0.481 e. The van der Waals surface area contributed by atoms with Crippen LogP contribution < -0.4 is 0 Å². The van der Waals surface area contributed by atoms with E-state index in [1.54, 1.807) is 26.0 Å². The number of hydrogen-bond acceptors (Lipinski definition) is 3. The van der Waals surface area contributed by atoms with E-state index in [2.05, 4.69) is 0 Å². The summed E-state index contributed by atoms with van der Waals surface area (Å²) in [7, 11) is -3.75. The molecule has 1 heterocycles. The monoisotopic (exact) mass is 331 g/mol. The Morgan fingerprint density at radius 3 is 2.67 bits per heavy atom. The minimum atomic E-state index is -3.75. The summed E-state index contributed by atoms with van der Waals surface area (Å²) in [6.45, 7) is 3.51. The third kappa shape index (κ3) is 3.22. The summed E-state index contributed by atoms with van der Waals surface area (Å²) in [4.78, 5) is 11.3. The predicted molar refractivity (Wildman–Crippen MR) is 79.9 cm³/mol. The van der Waals surface area contributed by atoms with Crippen molar-refractivity contribution in [2.75, 3.05) is 6.54 Å². The number of carbonyl (C=O) groups is 1. The van der Waals surface area contributed by atoms with Crippen LogP contribution in [0.5, 0.6) is 0 Å². The molecule has 1 aromatic rings. The molecule has 7 heteroatoms. The number of aliphatic carboxylic acids is 1. The van der Waals surface area contributed by atoms with Crippen molar-refractivity contribution in [3.8, 4) is 0 Å². The number of rotatable bonds is 3. The molecule has 2 rings (SSSR count). The summed E-state index contributed by atoms with van der Waals surface area (Å²) in [5.74, 6) is -1.61. The first-order valence-electron chi connectivity index (χ1n) is 6.74. The van der Waals surface area contributed by atoms with Crippen LogP contribution in [-0.4, -0.2) is 36.4 Å². The van der Waals surface area contributed by atoms with Gasteiger partial charge >= 0.3 is 5.97 Å². The zero-order chi connectivity index (χ0) is 15.8. The number of sulfonamides is 1. The third-order valence-electron chi connectivity index (χ3n) is 3.91. The highest BCUT2D eigenvalue weighted by Gasteiger charge is 2.37. The maximum Gasteiger partial charge on any atom is 0.307 e. The highest BCUT2D eigenvalue weighted by molar-refractivity contribution is 7.89. The molecule has 21 heavy (non-hydrogen) atoms. The van der Waals surface area contributed by atoms with E-state index in [4.69, 9.17) is 16.7 Å². The summed E-state index contributed by atoms with van der Waals surface area (Å²) >= 11 is 5.90. The molecular weight excluding hydrogens is 314 g/mol. The molecule has 1 saturated heterocycles. The van der Waals surface area contributed by atoms with Gasteiger partial charge in [0, 0.05) is 17.6 Å². The standard InChI is InChI=1S/C14H18ClNO4S/c1-9-3-6-12(15)7-13(9)21(19,20)16-8-11(14(17)18)5-4-10(16)2/h3,6-7,10-11H,4-5,8H2,1-2H3,(H,17,18). The second-order valence-electron chi connectivity index (χ2n) is 5.45. The molecule has 0 radical (unpaired) electrons. The Morgan fingerprint density at radius 2 is 2.05 bits per heavy atom. The van der Waals surface area contributed by atoms with Gasteiger partial charge in [0.2, 0.25) is 10.0 Å². The van der Waals surface area contributed by atoms with Gasteiger partial charge in [-0.25, -0.2) is 8.42 Å². The number of benzene rings is 1. The lowest BCUT2D eigenvalue weighted by Gasteiger charge is -2.35. The second-order valence-corrected chi connectivity index (χ2v) is 7.74. The Bertz CT molecular complexity index is 659. The average Bonchev–Trinajstić information content (AvgIpc) is 2.41. The quantitative estimate of drug-likeness (QED) is 0.923. The van der Waals surface area contributed by atoms with Crippen LogP contribution in [-0.2, 0) is 14.8 Å². The Labute approximate surface area is 129 Å². The molecule has 1 N–H and O–H groups in total. The predicted octanol–water partition coefficient (Wildman–Crippen LogP) is 2.52. The fraction of sp³-hybridized carbons (Fsp3) is 0.500. The maximum atomic E-state index is 12.8. The molecule has 1 aliphatic rings. The van der Waals surface area contributed by atoms with Crippen molar-refractivity contribution in [3.63, 3.8) is 0 Å². The molecule has 0 saturated carbocycles. The number of nitrogens with zero attached hydrogens (tertiary/aromatic N) is 1. The van der Waals surface area contributed by atoms with E-state index in [0.717, 1.165) is 0 Å². The maximum absolute atomic E-state index is 12.8. The number of carboxylic acids is 1. The Kier molecular flexibility index (Phi) is 4.60. The van der Waals surface area contributed by atoms with Gasteiger partial charge in [-0.15, -0.1) is 0 Å². The number of carboxylic acid groups (broad SMARTS) is 1. The summed E-state index contributed by atoms with van der Waals surface area (Å²) in [6, 6.07) is 4.49. The van der Waals surface area contributed by atoms with Crippen LogP contribution in [0.25, 0.3) is 0 Å². The fourth-order valence-corrected chi connectivity index (χ4v) is 4.79. The fourth-order valence-electron chi connectivity index (χ4n) is 2.59. The van der Waals surface area contributed by atoms with Crippen LogP contribution in [0, 0.1) is 12.8 Å². The lowest BCUT2D eigenvalue weighted by molar-refractivity contribution is -0.143. The van der Waals surface area contributed by atoms with E-state index in [0.29, 0.717) is 23.4 Å². The number of piperidine rings is 1. The highest BCUT2D eigenvalue weighted by Crippen LogP contribution is 2.30. The minimum absolute atomic E-state index is 0.00475. The lowest BCUT2D eigenvalue weighted by atomic mass is 9.96. The van der Waals surface area contributed by atoms with Crippen LogP contribution in [0.2, 0.25) is 5.02 Å². The molecular formula is C14H18ClNO4S. The summed E-state index contributed by atoms with van der Waals surface area (Å²) < 4.78 is 26.9. The van der Waals surface area contributed by atoms with Gasteiger partial charge in [0.25, 0.3) is 0 Å². The first-order chi connectivity index (χ1) is 9.73. The molecule has 0 amide bonds. The Hall–Kier alpha value is -1.11. The van der Waals surface area contributed by atoms with E-state index in [1.807, 2.05) is 0 Å². The zero-order valence-electron chi connectivity index (χ0n) is 11.9. The molecule has 1 fully saturated rings. The van der Waals surface area contributed by atoms with Gasteiger partial charge in [0.1, 0.15) is 0 Å². The van der Waals surface area contributed by atoms with Crippen LogP contribution in [0.15, 0.2) is 23.1 Å². The first kappa shape index (κ1) is 16.3. The molecule has 2 atom stereocenters. The highest BCUT2D eigenvalue weighted by atomic mass is 35.5. The third-order valence-corrected chi connectivity index (χ3v) is 6.27. The van der Waals surface area contributed by atoms with Crippen molar-refractivity contribution in [2.45, 2.75) is 37.6 Å². The van der Waals surface area contributed by atoms with E-state index >= 15 is 0 Å². The SMILES string of the molecule is Cc1ccc(Cl)cc1S(=O)(=O)N1CC(C(=O)O)CCC1C. The van der Waals surface area contributed by atoms with Crippen LogP contribution >= 0.6 is 11.6 Å². The van der Waals surface area contributed by atoms with Gasteiger partial charge < -0.3 is 5.11 Å². The number of aryl methyl sites for hydroxylation is 1. The zero-order valence-corrected chi connectivity index (χ0v) is 13.5. The van der Waals surface area contributed by atoms with Crippen molar-refractivity contribution in [1.29, 1.82) is 0 Å².